The van der Waals surface area contributed by atoms with Crippen LogP contribution in [0.1, 0.15) is 22.8 Å². The maximum Gasteiger partial charge on any atom is 0.573 e. The quantitative estimate of drug-likeness (QED) is 0.240. The number of carboxylic acid groups (broad SMARTS) is 1. The molecule has 0 unspecified atom stereocenters. The van der Waals surface area contributed by atoms with Crippen LogP contribution in [0.25, 0.3) is 21.9 Å². The monoisotopic (exact) mass is 526 g/mol. The van der Waals surface area contributed by atoms with Crippen LogP contribution in [0.4, 0.5) is 30.7 Å². The Labute approximate surface area is 192 Å². The van der Waals surface area contributed by atoms with Crippen molar-refractivity contribution in [3.05, 3.63) is 59.4 Å². The molecule has 0 aliphatic rings. The molecule has 0 aliphatic heterocycles. The van der Waals surface area contributed by atoms with Crippen LogP contribution in [-0.4, -0.2) is 31.4 Å². The van der Waals surface area contributed by atoms with Gasteiger partial charge < -0.3 is 14.0 Å². The minimum absolute atomic E-state index is 0.122. The first-order valence-electron chi connectivity index (χ1n) is 9.44. The molecule has 0 aliphatic carbocycles. The number of rotatable bonds is 6. The maximum atomic E-state index is 15.0. The van der Waals surface area contributed by atoms with Crippen LogP contribution in [0.15, 0.2) is 42.5 Å². The zero-order valence-corrected chi connectivity index (χ0v) is 18.1. The van der Waals surface area contributed by atoms with Gasteiger partial charge in [0.15, 0.2) is 11.6 Å². The van der Waals surface area contributed by atoms with Crippen molar-refractivity contribution in [3.8, 4) is 22.6 Å². The number of hydrogen-bond donors (Lipinski definition) is 1. The number of fused-ring (bicyclic) bond motifs is 1. The lowest BCUT2D eigenvalue weighted by atomic mass is 9.92. The van der Waals surface area contributed by atoms with Gasteiger partial charge in [-0.2, -0.15) is 21.6 Å². The molecule has 0 radical (unpaired) electrons. The van der Waals surface area contributed by atoms with Crippen molar-refractivity contribution >= 4 is 26.9 Å². The van der Waals surface area contributed by atoms with Gasteiger partial charge in [-0.05, 0) is 52.8 Å². The lowest BCUT2D eigenvalue weighted by Gasteiger charge is -2.17. The molecule has 1 N–H and O–H groups in total. The summed E-state index contributed by atoms with van der Waals surface area (Å²) in [6.07, 6.45) is -5.05. The first-order valence-corrected chi connectivity index (χ1v) is 10.8. The van der Waals surface area contributed by atoms with Gasteiger partial charge in [0.1, 0.15) is 11.3 Å². The summed E-state index contributed by atoms with van der Waals surface area (Å²) in [5.41, 5.74) is -6.63. The molecular formula is C21H13F7O6S. The number of aryl methyl sites for hydroxylation is 1. The molecule has 0 bridgehead atoms. The van der Waals surface area contributed by atoms with Crippen LogP contribution in [0.5, 0.6) is 11.5 Å². The fourth-order valence-corrected chi connectivity index (χ4v) is 3.82. The number of halogens is 7. The molecule has 0 aromatic heterocycles. The fourth-order valence-electron chi connectivity index (χ4n) is 3.35. The van der Waals surface area contributed by atoms with E-state index < -0.39 is 56.2 Å². The maximum absolute atomic E-state index is 15.0. The van der Waals surface area contributed by atoms with Gasteiger partial charge in [0.25, 0.3) is 0 Å². The highest BCUT2D eigenvalue weighted by Gasteiger charge is 2.49. The first kappa shape index (κ1) is 26.1. The largest absolute Gasteiger partial charge is 0.573 e. The Hall–Kier alpha value is -3.55. The third-order valence-electron chi connectivity index (χ3n) is 4.78. The summed E-state index contributed by atoms with van der Waals surface area (Å²) in [5, 5.41) is 8.86. The summed E-state index contributed by atoms with van der Waals surface area (Å²) < 4.78 is 121. The molecule has 0 saturated heterocycles. The van der Waals surface area contributed by atoms with Crippen molar-refractivity contribution in [1.29, 1.82) is 0 Å². The molecule has 0 heterocycles. The number of ether oxygens (including phenoxy) is 1. The molecule has 3 aromatic carbocycles. The number of hydrogen-bond acceptors (Lipinski definition) is 5. The van der Waals surface area contributed by atoms with E-state index in [1.54, 1.807) is 0 Å². The number of alkyl halides is 6. The average Bonchev–Trinajstić information content (AvgIpc) is 2.73. The summed E-state index contributed by atoms with van der Waals surface area (Å²) in [4.78, 5) is 11.7. The van der Waals surface area contributed by atoms with Crippen LogP contribution in [0, 0.1) is 5.82 Å². The highest BCUT2D eigenvalue weighted by atomic mass is 32.2. The minimum Gasteiger partial charge on any atom is -0.478 e. The van der Waals surface area contributed by atoms with Gasteiger partial charge >= 0.3 is 28.0 Å². The Bertz CT molecular complexity index is 1400. The lowest BCUT2D eigenvalue weighted by molar-refractivity contribution is -0.274. The van der Waals surface area contributed by atoms with Crippen molar-refractivity contribution in [2.24, 2.45) is 0 Å². The number of benzene rings is 3. The van der Waals surface area contributed by atoms with E-state index in [1.807, 2.05) is 0 Å². The molecule has 6 nitrogen and oxygen atoms in total. The van der Waals surface area contributed by atoms with E-state index in [2.05, 4.69) is 8.92 Å². The zero-order chi connectivity index (χ0) is 26.3. The molecule has 14 heteroatoms. The van der Waals surface area contributed by atoms with Crippen molar-refractivity contribution < 1.29 is 58.0 Å². The zero-order valence-electron chi connectivity index (χ0n) is 17.3. The standard InChI is InChI=1S/C21H13F7O6S/c1-2-13-15-9-11(10-3-6-12(7-4-10)33-20(23,24)25)5-8-14(15)18(17(22)16(13)19(29)30)34-35(31,32)21(26,27)28/h3-9H,2H2,1H3,(H,29,30). The molecule has 0 spiro atoms. The summed E-state index contributed by atoms with van der Waals surface area (Å²) >= 11 is 0. The van der Waals surface area contributed by atoms with Crippen molar-refractivity contribution in [2.75, 3.05) is 0 Å². The Morgan fingerprint density at radius 3 is 2.00 bits per heavy atom. The SMILES string of the molecule is CCc1c(C(=O)O)c(F)c(OS(=O)(=O)C(F)(F)F)c2ccc(-c3ccc(OC(F)(F)F)cc3)cc12. The molecule has 3 rings (SSSR count). The summed E-state index contributed by atoms with van der Waals surface area (Å²) in [6, 6.07) is 7.89. The van der Waals surface area contributed by atoms with Crippen LogP contribution in [0.2, 0.25) is 0 Å². The fraction of sp³-hybridized carbons (Fsp3) is 0.190. The van der Waals surface area contributed by atoms with Crippen molar-refractivity contribution in [3.63, 3.8) is 0 Å². The predicted octanol–water partition coefficient (Wildman–Crippen LogP) is 6.03. The molecule has 0 fully saturated rings. The molecule has 188 valence electrons. The van der Waals surface area contributed by atoms with E-state index >= 15 is 0 Å². The van der Waals surface area contributed by atoms with Gasteiger partial charge in [0.05, 0.1) is 0 Å². The van der Waals surface area contributed by atoms with Crippen molar-refractivity contribution in [1.82, 2.24) is 0 Å². The smallest absolute Gasteiger partial charge is 0.478 e. The van der Waals surface area contributed by atoms with Crippen molar-refractivity contribution in [2.45, 2.75) is 25.2 Å². The van der Waals surface area contributed by atoms with Crippen LogP contribution < -0.4 is 8.92 Å². The van der Waals surface area contributed by atoms with E-state index in [-0.39, 0.29) is 28.5 Å². The predicted molar refractivity (Wildman–Crippen MR) is 108 cm³/mol. The second-order valence-corrected chi connectivity index (χ2v) is 8.51. The highest BCUT2D eigenvalue weighted by molar-refractivity contribution is 7.88. The number of carbonyl (C=O) groups is 1. The molecule has 35 heavy (non-hydrogen) atoms. The molecule has 3 aromatic rings. The van der Waals surface area contributed by atoms with Gasteiger partial charge in [-0.1, -0.05) is 25.1 Å². The molecule has 0 atom stereocenters. The molecule has 0 saturated carbocycles. The van der Waals surface area contributed by atoms with Gasteiger partial charge in [-0.3, -0.25) is 0 Å². The first-order chi connectivity index (χ1) is 16.1. The summed E-state index contributed by atoms with van der Waals surface area (Å²) in [7, 11) is -6.35. The van der Waals surface area contributed by atoms with E-state index in [0.29, 0.717) is 0 Å². The Morgan fingerprint density at radius 2 is 1.51 bits per heavy atom. The van der Waals surface area contributed by atoms with Gasteiger partial charge in [0.2, 0.25) is 0 Å². The minimum atomic E-state index is -6.35. The van der Waals surface area contributed by atoms with E-state index in [0.717, 1.165) is 18.2 Å². The Kier molecular flexibility index (Phi) is 6.63. The topological polar surface area (TPSA) is 89.9 Å². The van der Waals surface area contributed by atoms with E-state index in [4.69, 9.17) is 0 Å². The van der Waals surface area contributed by atoms with Gasteiger partial charge in [-0.15, -0.1) is 13.2 Å². The van der Waals surface area contributed by atoms with E-state index in [1.165, 1.54) is 31.2 Å². The Morgan fingerprint density at radius 1 is 0.943 bits per heavy atom. The Balaban J connectivity index is 2.24. The third kappa shape index (κ3) is 5.26. The van der Waals surface area contributed by atoms with Gasteiger partial charge in [-0.25, -0.2) is 9.18 Å². The van der Waals surface area contributed by atoms with Gasteiger partial charge in [0, 0.05) is 5.39 Å². The molecule has 0 amide bonds. The highest BCUT2D eigenvalue weighted by Crippen LogP contribution is 2.40. The molecular weight excluding hydrogens is 513 g/mol. The third-order valence-corrected chi connectivity index (χ3v) is 5.73. The summed E-state index contributed by atoms with van der Waals surface area (Å²) in [5.74, 6) is -5.67. The van der Waals surface area contributed by atoms with Crippen LogP contribution in [-0.2, 0) is 16.5 Å². The summed E-state index contributed by atoms with van der Waals surface area (Å²) in [6.45, 7) is 1.43. The second kappa shape index (κ2) is 8.91. The average molecular weight is 526 g/mol. The normalized spacial score (nSPS) is 12.6. The van der Waals surface area contributed by atoms with E-state index in [9.17, 15) is 49.1 Å². The second-order valence-electron chi connectivity index (χ2n) is 6.97. The van der Waals surface area contributed by atoms with Crippen LogP contribution in [0.3, 0.4) is 0 Å². The number of carboxylic acids is 1. The lowest BCUT2D eigenvalue weighted by Crippen LogP contribution is -2.28. The van der Waals surface area contributed by atoms with Crippen LogP contribution >= 0.6 is 0 Å². The number of aromatic carboxylic acids is 1.